The highest BCUT2D eigenvalue weighted by Crippen LogP contribution is 2.21. The average Bonchev–Trinajstić information content (AvgIpc) is 2.41. The Labute approximate surface area is 106 Å². The van der Waals surface area contributed by atoms with Gasteiger partial charge in [0.1, 0.15) is 11.9 Å². The monoisotopic (exact) mass is 240 g/mol. The second kappa shape index (κ2) is 5.33. The molecule has 0 saturated heterocycles. The minimum atomic E-state index is -0.404. The van der Waals surface area contributed by atoms with Crippen molar-refractivity contribution in [1.29, 1.82) is 5.26 Å². The molecule has 3 heteroatoms. The smallest absolute Gasteiger partial charge is 0.124 e. The van der Waals surface area contributed by atoms with Crippen LogP contribution in [0.4, 0.5) is 15.8 Å². The molecular formula is C15H13FN2. The molecule has 2 rings (SSSR count). The number of benzene rings is 2. The molecule has 0 aliphatic rings. The van der Waals surface area contributed by atoms with Crippen LogP contribution in [0, 0.1) is 17.1 Å². The van der Waals surface area contributed by atoms with E-state index in [2.05, 4.69) is 12.2 Å². The predicted molar refractivity (Wildman–Crippen MR) is 70.2 cm³/mol. The number of nitriles is 1. The number of halogens is 1. The summed E-state index contributed by atoms with van der Waals surface area (Å²) in [6.07, 6.45) is 0.986. The van der Waals surface area contributed by atoms with E-state index in [1.54, 1.807) is 6.07 Å². The number of anilines is 2. The fourth-order valence-corrected chi connectivity index (χ4v) is 1.70. The van der Waals surface area contributed by atoms with E-state index in [1.165, 1.54) is 17.7 Å². The Bertz CT molecular complexity index is 582. The maximum atomic E-state index is 13.0. The first-order chi connectivity index (χ1) is 8.72. The number of hydrogen-bond donors (Lipinski definition) is 1. The van der Waals surface area contributed by atoms with Gasteiger partial charge in [-0.1, -0.05) is 19.1 Å². The average molecular weight is 240 g/mol. The van der Waals surface area contributed by atoms with E-state index >= 15 is 0 Å². The summed E-state index contributed by atoms with van der Waals surface area (Å²) in [5, 5.41) is 12.1. The van der Waals surface area contributed by atoms with Crippen LogP contribution in [0.2, 0.25) is 0 Å². The largest absolute Gasteiger partial charge is 0.354 e. The quantitative estimate of drug-likeness (QED) is 0.880. The fourth-order valence-electron chi connectivity index (χ4n) is 1.70. The fraction of sp³-hybridized carbons (Fsp3) is 0.133. The van der Waals surface area contributed by atoms with E-state index in [4.69, 9.17) is 5.26 Å². The van der Waals surface area contributed by atoms with Gasteiger partial charge in [0.05, 0.1) is 11.3 Å². The number of rotatable bonds is 3. The summed E-state index contributed by atoms with van der Waals surface area (Å²) in [5.74, 6) is -0.404. The SMILES string of the molecule is CCc1ccc(Nc2ccc(F)cc2C#N)cc1. The molecule has 0 aliphatic carbocycles. The van der Waals surface area contributed by atoms with Crippen LogP contribution in [0.5, 0.6) is 0 Å². The van der Waals surface area contributed by atoms with Crippen molar-refractivity contribution in [1.82, 2.24) is 0 Å². The highest BCUT2D eigenvalue weighted by molar-refractivity contribution is 5.66. The van der Waals surface area contributed by atoms with E-state index in [0.29, 0.717) is 11.3 Å². The number of nitrogens with zero attached hydrogens (tertiary/aromatic N) is 1. The second-order valence-corrected chi connectivity index (χ2v) is 3.98. The van der Waals surface area contributed by atoms with Crippen molar-refractivity contribution in [3.05, 3.63) is 59.4 Å². The summed E-state index contributed by atoms with van der Waals surface area (Å²) in [4.78, 5) is 0. The van der Waals surface area contributed by atoms with Crippen LogP contribution in [-0.2, 0) is 6.42 Å². The molecule has 1 N–H and O–H groups in total. The molecular weight excluding hydrogens is 227 g/mol. The van der Waals surface area contributed by atoms with Gasteiger partial charge in [0.2, 0.25) is 0 Å². The molecule has 0 radical (unpaired) electrons. The maximum Gasteiger partial charge on any atom is 0.124 e. The zero-order valence-electron chi connectivity index (χ0n) is 10.1. The van der Waals surface area contributed by atoms with Gasteiger partial charge >= 0.3 is 0 Å². The predicted octanol–water partition coefficient (Wildman–Crippen LogP) is 4.00. The zero-order chi connectivity index (χ0) is 13.0. The molecule has 0 heterocycles. The maximum absolute atomic E-state index is 13.0. The van der Waals surface area contributed by atoms with E-state index in [1.807, 2.05) is 30.3 Å². The molecule has 0 amide bonds. The van der Waals surface area contributed by atoms with Crippen molar-refractivity contribution < 1.29 is 4.39 Å². The Kier molecular flexibility index (Phi) is 3.59. The molecule has 18 heavy (non-hydrogen) atoms. The zero-order valence-corrected chi connectivity index (χ0v) is 10.1. The Morgan fingerprint density at radius 3 is 2.50 bits per heavy atom. The van der Waals surface area contributed by atoms with Crippen molar-refractivity contribution >= 4 is 11.4 Å². The third-order valence-corrected chi connectivity index (χ3v) is 2.74. The van der Waals surface area contributed by atoms with Gasteiger partial charge < -0.3 is 5.32 Å². The normalized spacial score (nSPS) is 9.83. The first-order valence-corrected chi connectivity index (χ1v) is 5.78. The lowest BCUT2D eigenvalue weighted by molar-refractivity contribution is 0.627. The Morgan fingerprint density at radius 1 is 1.17 bits per heavy atom. The van der Waals surface area contributed by atoms with Gasteiger partial charge in [0, 0.05) is 5.69 Å². The first kappa shape index (κ1) is 12.1. The van der Waals surface area contributed by atoms with Crippen molar-refractivity contribution in [2.45, 2.75) is 13.3 Å². The lowest BCUT2D eigenvalue weighted by atomic mass is 10.1. The molecule has 2 aromatic carbocycles. The minimum Gasteiger partial charge on any atom is -0.354 e. The summed E-state index contributed by atoms with van der Waals surface area (Å²) < 4.78 is 13.0. The minimum absolute atomic E-state index is 0.301. The highest BCUT2D eigenvalue weighted by atomic mass is 19.1. The van der Waals surface area contributed by atoms with Crippen LogP contribution in [0.25, 0.3) is 0 Å². The summed E-state index contributed by atoms with van der Waals surface area (Å²) in [6, 6.07) is 14.1. The number of hydrogen-bond acceptors (Lipinski definition) is 2. The third kappa shape index (κ3) is 2.67. The molecule has 2 aromatic rings. The second-order valence-electron chi connectivity index (χ2n) is 3.98. The van der Waals surface area contributed by atoms with Gasteiger partial charge in [-0.05, 0) is 42.3 Å². The van der Waals surface area contributed by atoms with Crippen molar-refractivity contribution in [2.24, 2.45) is 0 Å². The van der Waals surface area contributed by atoms with Crippen molar-refractivity contribution in [3.8, 4) is 6.07 Å². The molecule has 0 spiro atoms. The Hall–Kier alpha value is -2.34. The Balaban J connectivity index is 2.25. The molecule has 0 aromatic heterocycles. The van der Waals surface area contributed by atoms with Crippen molar-refractivity contribution in [2.75, 3.05) is 5.32 Å². The van der Waals surface area contributed by atoms with Gasteiger partial charge in [-0.3, -0.25) is 0 Å². The van der Waals surface area contributed by atoms with Crippen LogP contribution < -0.4 is 5.32 Å². The van der Waals surface area contributed by atoms with E-state index in [-0.39, 0.29) is 0 Å². The number of nitrogens with one attached hydrogen (secondary N) is 1. The number of aryl methyl sites for hydroxylation is 1. The van der Waals surface area contributed by atoms with Crippen LogP contribution in [0.3, 0.4) is 0 Å². The van der Waals surface area contributed by atoms with Gasteiger partial charge in [0.25, 0.3) is 0 Å². The van der Waals surface area contributed by atoms with E-state index in [9.17, 15) is 4.39 Å². The Morgan fingerprint density at radius 2 is 1.89 bits per heavy atom. The standard InChI is InChI=1S/C15H13FN2/c1-2-11-3-6-14(7-4-11)18-15-8-5-13(16)9-12(15)10-17/h3-9,18H,2H2,1H3. The first-order valence-electron chi connectivity index (χ1n) is 5.78. The summed E-state index contributed by atoms with van der Waals surface area (Å²) in [5.41, 5.74) is 3.05. The molecule has 0 unspecified atom stereocenters. The molecule has 90 valence electrons. The lowest BCUT2D eigenvalue weighted by Gasteiger charge is -2.08. The summed E-state index contributed by atoms with van der Waals surface area (Å²) in [7, 11) is 0. The molecule has 0 fully saturated rings. The van der Waals surface area contributed by atoms with Crippen LogP contribution in [0.15, 0.2) is 42.5 Å². The molecule has 0 atom stereocenters. The summed E-state index contributed by atoms with van der Waals surface area (Å²) >= 11 is 0. The molecule has 0 aliphatic heterocycles. The lowest BCUT2D eigenvalue weighted by Crippen LogP contribution is -1.94. The third-order valence-electron chi connectivity index (χ3n) is 2.74. The van der Waals surface area contributed by atoms with Gasteiger partial charge in [-0.2, -0.15) is 5.26 Å². The van der Waals surface area contributed by atoms with E-state index < -0.39 is 5.82 Å². The van der Waals surface area contributed by atoms with Crippen LogP contribution >= 0.6 is 0 Å². The van der Waals surface area contributed by atoms with E-state index in [0.717, 1.165) is 12.1 Å². The van der Waals surface area contributed by atoms with Crippen molar-refractivity contribution in [3.63, 3.8) is 0 Å². The van der Waals surface area contributed by atoms with Gasteiger partial charge in [0.15, 0.2) is 0 Å². The van der Waals surface area contributed by atoms with Crippen LogP contribution in [-0.4, -0.2) is 0 Å². The molecule has 0 bridgehead atoms. The highest BCUT2D eigenvalue weighted by Gasteiger charge is 2.03. The summed E-state index contributed by atoms with van der Waals surface area (Å²) in [6.45, 7) is 2.09. The van der Waals surface area contributed by atoms with Gasteiger partial charge in [-0.15, -0.1) is 0 Å². The van der Waals surface area contributed by atoms with Crippen LogP contribution in [0.1, 0.15) is 18.1 Å². The van der Waals surface area contributed by atoms with Gasteiger partial charge in [-0.25, -0.2) is 4.39 Å². The molecule has 2 nitrogen and oxygen atoms in total. The molecule has 0 saturated carbocycles. The topological polar surface area (TPSA) is 35.8 Å².